The quantitative estimate of drug-likeness (QED) is 0.536. The molecule has 0 aliphatic heterocycles. The molecule has 0 heterocycles. The van der Waals surface area contributed by atoms with Crippen molar-refractivity contribution < 1.29 is 15.3 Å². The van der Waals surface area contributed by atoms with Gasteiger partial charge in [0.1, 0.15) is 5.75 Å². The number of phenols is 1. The van der Waals surface area contributed by atoms with Crippen LogP contribution in [0.4, 0.5) is 11.4 Å². The molecule has 1 atom stereocenters. The number of anilines is 2. The summed E-state index contributed by atoms with van der Waals surface area (Å²) < 4.78 is 0. The smallest absolute Gasteiger partial charge is 0.123 e. The summed E-state index contributed by atoms with van der Waals surface area (Å²) in [5, 5.41) is 28.6. The SMILES string of the molecule is Nc1cc(N)c(CC(O)CO)c(-c2ccccc2O)c1. The van der Waals surface area contributed by atoms with Crippen molar-refractivity contribution >= 4 is 11.4 Å². The third kappa shape index (κ3) is 2.84. The summed E-state index contributed by atoms with van der Waals surface area (Å²) in [6, 6.07) is 10.1. The Morgan fingerprint density at radius 2 is 1.75 bits per heavy atom. The third-order valence-electron chi connectivity index (χ3n) is 3.15. The van der Waals surface area contributed by atoms with E-state index in [4.69, 9.17) is 16.6 Å². The van der Waals surface area contributed by atoms with Gasteiger partial charge in [0.2, 0.25) is 0 Å². The highest BCUT2D eigenvalue weighted by molar-refractivity contribution is 5.80. The Hall–Kier alpha value is -2.24. The molecule has 2 aromatic rings. The highest BCUT2D eigenvalue weighted by Gasteiger charge is 2.16. The fourth-order valence-electron chi connectivity index (χ4n) is 2.19. The average molecular weight is 274 g/mol. The van der Waals surface area contributed by atoms with Crippen molar-refractivity contribution in [1.29, 1.82) is 0 Å². The monoisotopic (exact) mass is 274 g/mol. The van der Waals surface area contributed by atoms with Crippen LogP contribution in [0.3, 0.4) is 0 Å². The second-order valence-corrected chi connectivity index (χ2v) is 4.69. The lowest BCUT2D eigenvalue weighted by Gasteiger charge is -2.17. The molecule has 0 radical (unpaired) electrons. The molecule has 0 aliphatic carbocycles. The Kier molecular flexibility index (Phi) is 4.12. The summed E-state index contributed by atoms with van der Waals surface area (Å²) in [5.74, 6) is 0.109. The van der Waals surface area contributed by atoms with Crippen molar-refractivity contribution in [3.8, 4) is 16.9 Å². The van der Waals surface area contributed by atoms with Crippen LogP contribution in [-0.4, -0.2) is 28.0 Å². The van der Waals surface area contributed by atoms with E-state index in [0.29, 0.717) is 28.1 Å². The molecule has 1 unspecified atom stereocenters. The molecular weight excluding hydrogens is 256 g/mol. The average Bonchev–Trinajstić information content (AvgIpc) is 2.42. The third-order valence-corrected chi connectivity index (χ3v) is 3.15. The van der Waals surface area contributed by atoms with Gasteiger partial charge in [-0.3, -0.25) is 0 Å². The van der Waals surface area contributed by atoms with Gasteiger partial charge >= 0.3 is 0 Å². The van der Waals surface area contributed by atoms with Gasteiger partial charge in [0.05, 0.1) is 12.7 Å². The topological polar surface area (TPSA) is 113 Å². The minimum atomic E-state index is -0.912. The predicted molar refractivity (Wildman–Crippen MR) is 79.2 cm³/mol. The summed E-state index contributed by atoms with van der Waals surface area (Å²) in [6.45, 7) is -0.357. The summed E-state index contributed by atoms with van der Waals surface area (Å²) >= 11 is 0. The van der Waals surface area contributed by atoms with Crippen LogP contribution in [0.2, 0.25) is 0 Å². The maximum absolute atomic E-state index is 9.97. The molecule has 106 valence electrons. The molecule has 0 fully saturated rings. The van der Waals surface area contributed by atoms with E-state index in [1.54, 1.807) is 36.4 Å². The summed E-state index contributed by atoms with van der Waals surface area (Å²) in [7, 11) is 0. The highest BCUT2D eigenvalue weighted by Crippen LogP contribution is 2.36. The largest absolute Gasteiger partial charge is 0.507 e. The number of aliphatic hydroxyl groups excluding tert-OH is 2. The molecule has 5 heteroatoms. The van der Waals surface area contributed by atoms with E-state index in [1.807, 2.05) is 0 Å². The zero-order chi connectivity index (χ0) is 14.7. The number of aromatic hydroxyl groups is 1. The summed E-state index contributed by atoms with van der Waals surface area (Å²) in [6.07, 6.45) is -0.725. The second-order valence-electron chi connectivity index (χ2n) is 4.69. The van der Waals surface area contributed by atoms with Crippen LogP contribution in [0.15, 0.2) is 36.4 Å². The maximum atomic E-state index is 9.97. The predicted octanol–water partition coefficient (Wildman–Crippen LogP) is 1.12. The van der Waals surface area contributed by atoms with E-state index in [1.165, 1.54) is 0 Å². The van der Waals surface area contributed by atoms with Crippen molar-refractivity contribution in [2.75, 3.05) is 18.1 Å². The van der Waals surface area contributed by atoms with Gasteiger partial charge in [-0.15, -0.1) is 0 Å². The van der Waals surface area contributed by atoms with E-state index in [0.717, 1.165) is 0 Å². The fourth-order valence-corrected chi connectivity index (χ4v) is 2.19. The minimum Gasteiger partial charge on any atom is -0.507 e. The number of hydrogen-bond donors (Lipinski definition) is 5. The van der Waals surface area contributed by atoms with Crippen LogP contribution in [0.25, 0.3) is 11.1 Å². The molecule has 0 aliphatic rings. The molecule has 0 spiro atoms. The van der Waals surface area contributed by atoms with Crippen LogP contribution < -0.4 is 11.5 Å². The first-order valence-electron chi connectivity index (χ1n) is 6.28. The normalized spacial score (nSPS) is 12.3. The van der Waals surface area contributed by atoms with Crippen LogP contribution in [0.1, 0.15) is 5.56 Å². The zero-order valence-electron chi connectivity index (χ0n) is 11.0. The molecule has 0 saturated carbocycles. The van der Waals surface area contributed by atoms with Gasteiger partial charge in [-0.1, -0.05) is 18.2 Å². The van der Waals surface area contributed by atoms with Crippen molar-refractivity contribution in [1.82, 2.24) is 0 Å². The fraction of sp³-hybridized carbons (Fsp3) is 0.200. The van der Waals surface area contributed by atoms with Crippen LogP contribution in [-0.2, 0) is 6.42 Å². The van der Waals surface area contributed by atoms with Gasteiger partial charge in [0, 0.05) is 23.4 Å². The van der Waals surface area contributed by atoms with Crippen LogP contribution >= 0.6 is 0 Å². The molecule has 0 bridgehead atoms. The molecule has 5 nitrogen and oxygen atoms in total. The van der Waals surface area contributed by atoms with Gasteiger partial charge in [0.25, 0.3) is 0 Å². The van der Waals surface area contributed by atoms with E-state index in [-0.39, 0.29) is 18.8 Å². The summed E-state index contributed by atoms with van der Waals surface area (Å²) in [5.41, 5.74) is 14.6. The molecule has 0 aromatic heterocycles. The number of rotatable bonds is 4. The van der Waals surface area contributed by atoms with Crippen molar-refractivity contribution in [3.05, 3.63) is 42.0 Å². The van der Waals surface area contributed by atoms with Crippen molar-refractivity contribution in [3.63, 3.8) is 0 Å². The molecule has 0 saturated heterocycles. The number of aliphatic hydroxyl groups is 2. The van der Waals surface area contributed by atoms with Gasteiger partial charge in [-0.2, -0.15) is 0 Å². The standard InChI is InChI=1S/C15H18N2O3/c16-9-5-12(11-3-1-2-4-15(11)20)13(14(17)6-9)7-10(19)8-18/h1-6,10,18-20H,7-8,16-17H2. The molecule has 20 heavy (non-hydrogen) atoms. The number of hydrogen-bond acceptors (Lipinski definition) is 5. The van der Waals surface area contributed by atoms with Gasteiger partial charge in [-0.25, -0.2) is 0 Å². The number of para-hydroxylation sites is 1. The van der Waals surface area contributed by atoms with E-state index < -0.39 is 6.10 Å². The first-order valence-corrected chi connectivity index (χ1v) is 6.28. The molecule has 0 amide bonds. The number of benzene rings is 2. The van der Waals surface area contributed by atoms with E-state index in [9.17, 15) is 10.2 Å². The lowest BCUT2D eigenvalue weighted by atomic mass is 9.93. The Morgan fingerprint density at radius 3 is 2.40 bits per heavy atom. The van der Waals surface area contributed by atoms with E-state index >= 15 is 0 Å². The lowest BCUT2D eigenvalue weighted by Crippen LogP contribution is -2.17. The van der Waals surface area contributed by atoms with Crippen molar-refractivity contribution in [2.45, 2.75) is 12.5 Å². The van der Waals surface area contributed by atoms with Crippen LogP contribution in [0, 0.1) is 0 Å². The van der Waals surface area contributed by atoms with Gasteiger partial charge in [-0.05, 0) is 29.3 Å². The molecule has 2 rings (SSSR count). The Morgan fingerprint density at radius 1 is 1.05 bits per heavy atom. The summed E-state index contributed by atoms with van der Waals surface area (Å²) in [4.78, 5) is 0. The number of phenolic OH excluding ortho intramolecular Hbond substituents is 1. The first-order chi connectivity index (χ1) is 9.52. The Labute approximate surface area is 117 Å². The Bertz CT molecular complexity index is 614. The van der Waals surface area contributed by atoms with Gasteiger partial charge < -0.3 is 26.8 Å². The van der Waals surface area contributed by atoms with Crippen LogP contribution in [0.5, 0.6) is 5.75 Å². The van der Waals surface area contributed by atoms with Gasteiger partial charge in [0.15, 0.2) is 0 Å². The molecular formula is C15H18N2O3. The molecule has 2 aromatic carbocycles. The second kappa shape index (κ2) is 5.81. The first kappa shape index (κ1) is 14.2. The van der Waals surface area contributed by atoms with Crippen molar-refractivity contribution in [2.24, 2.45) is 0 Å². The minimum absolute atomic E-state index is 0.109. The maximum Gasteiger partial charge on any atom is 0.123 e. The number of nitrogen functional groups attached to an aromatic ring is 2. The zero-order valence-corrected chi connectivity index (χ0v) is 11.0. The lowest BCUT2D eigenvalue weighted by molar-refractivity contribution is 0.0957. The molecule has 7 N–H and O–H groups in total. The highest BCUT2D eigenvalue weighted by atomic mass is 16.3. The van der Waals surface area contributed by atoms with E-state index in [2.05, 4.69) is 0 Å². The number of nitrogens with two attached hydrogens (primary N) is 2. The Balaban J connectivity index is 2.59.